The molecule has 1 aromatic carbocycles. The summed E-state index contributed by atoms with van der Waals surface area (Å²) in [6, 6.07) is 10.0. The summed E-state index contributed by atoms with van der Waals surface area (Å²) in [5.41, 5.74) is 1.08. The van der Waals surface area contributed by atoms with Crippen LogP contribution in [0.1, 0.15) is 24.8 Å². The predicted octanol–water partition coefficient (Wildman–Crippen LogP) is 4.26. The van der Waals surface area contributed by atoms with Crippen molar-refractivity contribution >= 4 is 22.9 Å². The van der Waals surface area contributed by atoms with Crippen LogP contribution in [0.15, 0.2) is 30.3 Å². The molecule has 1 heterocycles. The van der Waals surface area contributed by atoms with Crippen LogP contribution >= 0.6 is 22.9 Å². The van der Waals surface area contributed by atoms with Crippen molar-refractivity contribution < 1.29 is 13.2 Å². The molecule has 2 rings (SSSR count). The van der Waals surface area contributed by atoms with Crippen LogP contribution in [0.25, 0.3) is 0 Å². The number of rotatable bonds is 5. The highest BCUT2D eigenvalue weighted by Gasteiger charge is 2.30. The van der Waals surface area contributed by atoms with E-state index in [4.69, 9.17) is 0 Å². The minimum Gasteiger partial charge on any atom is -0.296 e. The van der Waals surface area contributed by atoms with Gasteiger partial charge in [0, 0.05) is 55.1 Å². The standard InChI is InChI=1S/C15H20F3IN2/c16-15(17,18)8-11-20(12-13-4-2-1-3-5-13)14-6-9-21(19)10-7-14/h1-5,14H,6-12H2. The lowest BCUT2D eigenvalue weighted by molar-refractivity contribution is -0.139. The van der Waals surface area contributed by atoms with Crippen LogP contribution in [0.4, 0.5) is 13.2 Å². The number of piperidine rings is 1. The zero-order valence-corrected chi connectivity index (χ0v) is 14.0. The number of halogens is 4. The molecule has 21 heavy (non-hydrogen) atoms. The summed E-state index contributed by atoms with van der Waals surface area (Å²) >= 11 is 2.28. The number of hydrogen-bond donors (Lipinski definition) is 0. The van der Waals surface area contributed by atoms with Gasteiger partial charge < -0.3 is 0 Å². The van der Waals surface area contributed by atoms with Crippen LogP contribution in [-0.2, 0) is 6.54 Å². The SMILES string of the molecule is FC(F)(F)CCN(Cc1ccccc1)C1CCN(I)CC1. The summed E-state index contributed by atoms with van der Waals surface area (Å²) < 4.78 is 39.9. The fourth-order valence-corrected chi connectivity index (χ4v) is 3.24. The Hall–Kier alpha value is -0.340. The van der Waals surface area contributed by atoms with Gasteiger partial charge >= 0.3 is 6.18 Å². The van der Waals surface area contributed by atoms with Gasteiger partial charge in [-0.1, -0.05) is 30.3 Å². The van der Waals surface area contributed by atoms with Crippen LogP contribution in [-0.4, -0.2) is 39.9 Å². The second-order valence-corrected chi connectivity index (χ2v) is 6.83. The fraction of sp³-hybridized carbons (Fsp3) is 0.600. The second kappa shape index (κ2) is 7.78. The predicted molar refractivity (Wildman–Crippen MR) is 86.1 cm³/mol. The van der Waals surface area contributed by atoms with Crippen molar-refractivity contribution in [3.8, 4) is 0 Å². The Morgan fingerprint density at radius 2 is 1.76 bits per heavy atom. The van der Waals surface area contributed by atoms with Crippen LogP contribution in [0, 0.1) is 0 Å². The van der Waals surface area contributed by atoms with Crippen molar-refractivity contribution in [1.29, 1.82) is 0 Å². The third-order valence-electron chi connectivity index (χ3n) is 3.84. The summed E-state index contributed by atoms with van der Waals surface area (Å²) in [5.74, 6) is 0. The number of benzene rings is 1. The molecule has 0 atom stereocenters. The van der Waals surface area contributed by atoms with Crippen molar-refractivity contribution in [3.63, 3.8) is 0 Å². The van der Waals surface area contributed by atoms with Crippen molar-refractivity contribution in [2.24, 2.45) is 0 Å². The third kappa shape index (κ3) is 6.12. The molecule has 0 N–H and O–H groups in total. The molecule has 1 saturated heterocycles. The number of hydrogen-bond acceptors (Lipinski definition) is 2. The van der Waals surface area contributed by atoms with E-state index in [0.717, 1.165) is 31.5 Å². The van der Waals surface area contributed by atoms with E-state index in [1.54, 1.807) is 0 Å². The first-order chi connectivity index (χ1) is 9.94. The molecule has 1 aliphatic heterocycles. The molecule has 1 fully saturated rings. The summed E-state index contributed by atoms with van der Waals surface area (Å²) in [7, 11) is 0. The molecule has 0 radical (unpaired) electrons. The molecular weight excluding hydrogens is 392 g/mol. The van der Waals surface area contributed by atoms with Gasteiger partial charge in [0.25, 0.3) is 0 Å². The molecular formula is C15H20F3IN2. The van der Waals surface area contributed by atoms with E-state index in [1.807, 2.05) is 35.2 Å². The van der Waals surface area contributed by atoms with Crippen LogP contribution < -0.4 is 0 Å². The number of nitrogens with zero attached hydrogens (tertiary/aromatic N) is 2. The maximum atomic E-state index is 12.5. The lowest BCUT2D eigenvalue weighted by Gasteiger charge is -2.37. The summed E-state index contributed by atoms with van der Waals surface area (Å²) in [5, 5.41) is 0. The Morgan fingerprint density at radius 1 is 1.14 bits per heavy atom. The molecule has 2 nitrogen and oxygen atoms in total. The van der Waals surface area contributed by atoms with Crippen LogP contribution in [0.5, 0.6) is 0 Å². The van der Waals surface area contributed by atoms with E-state index in [9.17, 15) is 13.2 Å². The Morgan fingerprint density at radius 3 is 2.33 bits per heavy atom. The zero-order valence-electron chi connectivity index (χ0n) is 11.8. The van der Waals surface area contributed by atoms with E-state index in [0.29, 0.717) is 6.54 Å². The number of alkyl halides is 3. The van der Waals surface area contributed by atoms with Crippen LogP contribution in [0.3, 0.4) is 0 Å². The molecule has 0 saturated carbocycles. The quantitative estimate of drug-likeness (QED) is 0.527. The zero-order chi connectivity index (χ0) is 15.3. The molecule has 0 spiro atoms. The van der Waals surface area contributed by atoms with E-state index in [2.05, 4.69) is 26.0 Å². The highest BCUT2D eigenvalue weighted by atomic mass is 127. The maximum absolute atomic E-state index is 12.5. The molecule has 0 unspecified atom stereocenters. The van der Waals surface area contributed by atoms with Gasteiger partial charge in [-0.15, -0.1) is 0 Å². The second-order valence-electron chi connectivity index (χ2n) is 5.46. The Labute approximate surface area is 137 Å². The van der Waals surface area contributed by atoms with Crippen molar-refractivity contribution in [3.05, 3.63) is 35.9 Å². The van der Waals surface area contributed by atoms with Gasteiger partial charge in [-0.05, 0) is 18.4 Å². The summed E-state index contributed by atoms with van der Waals surface area (Å²) in [6.45, 7) is 2.58. The normalized spacial score (nSPS) is 18.3. The Balaban J connectivity index is 1.99. The first-order valence-corrected chi connectivity index (χ1v) is 8.16. The van der Waals surface area contributed by atoms with E-state index >= 15 is 0 Å². The monoisotopic (exact) mass is 412 g/mol. The van der Waals surface area contributed by atoms with Gasteiger partial charge in [0.2, 0.25) is 0 Å². The molecule has 1 aliphatic rings. The van der Waals surface area contributed by atoms with E-state index in [1.165, 1.54) is 0 Å². The first kappa shape index (κ1) is 17.0. The minimum absolute atomic E-state index is 0.0876. The smallest absolute Gasteiger partial charge is 0.296 e. The molecule has 0 aliphatic carbocycles. The topological polar surface area (TPSA) is 6.48 Å². The molecule has 118 valence electrons. The molecule has 6 heteroatoms. The molecule has 0 bridgehead atoms. The first-order valence-electron chi connectivity index (χ1n) is 7.19. The summed E-state index contributed by atoms with van der Waals surface area (Å²) in [6.07, 6.45) is -2.94. The summed E-state index contributed by atoms with van der Waals surface area (Å²) in [4.78, 5) is 2.01. The average Bonchev–Trinajstić information content (AvgIpc) is 2.45. The Kier molecular flexibility index (Phi) is 6.31. The molecule has 0 aromatic heterocycles. The van der Waals surface area contributed by atoms with Gasteiger partial charge in [-0.3, -0.25) is 4.90 Å². The van der Waals surface area contributed by atoms with Gasteiger partial charge in [-0.2, -0.15) is 13.2 Å². The largest absolute Gasteiger partial charge is 0.390 e. The molecule has 0 amide bonds. The Bertz CT molecular complexity index is 417. The van der Waals surface area contributed by atoms with Gasteiger partial charge in [0.15, 0.2) is 0 Å². The highest BCUT2D eigenvalue weighted by molar-refractivity contribution is 14.1. The van der Waals surface area contributed by atoms with Crippen molar-refractivity contribution in [2.75, 3.05) is 19.6 Å². The average molecular weight is 412 g/mol. The maximum Gasteiger partial charge on any atom is 0.390 e. The van der Waals surface area contributed by atoms with Crippen molar-refractivity contribution in [1.82, 2.24) is 8.01 Å². The minimum atomic E-state index is -4.08. The van der Waals surface area contributed by atoms with E-state index < -0.39 is 12.6 Å². The van der Waals surface area contributed by atoms with Crippen LogP contribution in [0.2, 0.25) is 0 Å². The lowest BCUT2D eigenvalue weighted by atomic mass is 10.0. The fourth-order valence-electron chi connectivity index (χ4n) is 2.68. The van der Waals surface area contributed by atoms with Gasteiger partial charge in [0.1, 0.15) is 0 Å². The van der Waals surface area contributed by atoms with Gasteiger partial charge in [0.05, 0.1) is 6.42 Å². The van der Waals surface area contributed by atoms with Crippen molar-refractivity contribution in [2.45, 2.75) is 38.0 Å². The van der Waals surface area contributed by atoms with Gasteiger partial charge in [-0.25, -0.2) is 3.11 Å². The molecule has 1 aromatic rings. The van der Waals surface area contributed by atoms with E-state index in [-0.39, 0.29) is 12.6 Å². The highest BCUT2D eigenvalue weighted by Crippen LogP contribution is 2.25. The third-order valence-corrected chi connectivity index (χ3v) is 4.80. The lowest BCUT2D eigenvalue weighted by Crippen LogP contribution is -2.43.